The summed E-state index contributed by atoms with van der Waals surface area (Å²) in [6.07, 6.45) is 5.28. The minimum absolute atomic E-state index is 0.413. The summed E-state index contributed by atoms with van der Waals surface area (Å²) in [6, 6.07) is 10.0. The number of nitrogens with one attached hydrogen (secondary N) is 1. The Morgan fingerprint density at radius 2 is 1.88 bits per heavy atom. The molecular weight excluding hydrogens is 220 g/mol. The fourth-order valence-electron chi connectivity index (χ4n) is 2.24. The van der Waals surface area contributed by atoms with Crippen LogP contribution in [0.5, 0.6) is 0 Å². The molecule has 2 rings (SSSR count). The molecule has 1 fully saturated rings. The molecule has 1 N–H and O–H groups in total. The Balaban J connectivity index is 2.19. The zero-order valence-corrected chi connectivity index (χ0v) is 9.93. The molecule has 3 heteroatoms. The molecule has 0 saturated heterocycles. The molecule has 1 saturated carbocycles. The third-order valence-corrected chi connectivity index (χ3v) is 3.50. The number of hydrogen-bond acceptors (Lipinski definition) is 2. The second kappa shape index (κ2) is 4.76. The van der Waals surface area contributed by atoms with Crippen LogP contribution in [-0.4, -0.2) is 5.54 Å². The minimum Gasteiger partial charge on any atom is -0.366 e. The van der Waals surface area contributed by atoms with Crippen LogP contribution in [0.25, 0.3) is 0 Å². The summed E-state index contributed by atoms with van der Waals surface area (Å²) in [6.45, 7) is 0. The van der Waals surface area contributed by atoms with Crippen molar-refractivity contribution in [3.8, 4) is 6.07 Å². The Bertz CT molecular complexity index is 403. The van der Waals surface area contributed by atoms with Crippen LogP contribution < -0.4 is 5.32 Å². The number of nitrogens with zero attached hydrogens (tertiary/aromatic N) is 1. The van der Waals surface area contributed by atoms with Gasteiger partial charge in [0, 0.05) is 0 Å². The fraction of sp³-hybridized carbons (Fsp3) is 0.462. The van der Waals surface area contributed by atoms with Crippen LogP contribution >= 0.6 is 11.6 Å². The van der Waals surface area contributed by atoms with Crippen molar-refractivity contribution in [3.63, 3.8) is 0 Å². The highest BCUT2D eigenvalue weighted by atomic mass is 35.5. The van der Waals surface area contributed by atoms with Gasteiger partial charge in [0.05, 0.1) is 16.8 Å². The summed E-state index contributed by atoms with van der Waals surface area (Å²) >= 11 is 6.09. The van der Waals surface area contributed by atoms with Crippen molar-refractivity contribution < 1.29 is 0 Å². The molecule has 0 heterocycles. The van der Waals surface area contributed by atoms with Gasteiger partial charge in [0.15, 0.2) is 0 Å². The number of para-hydroxylation sites is 1. The molecule has 0 aliphatic heterocycles. The topological polar surface area (TPSA) is 35.8 Å². The number of halogens is 1. The smallest absolute Gasteiger partial charge is 0.125 e. The van der Waals surface area contributed by atoms with E-state index in [0.717, 1.165) is 31.4 Å². The monoisotopic (exact) mass is 234 g/mol. The first kappa shape index (κ1) is 11.3. The van der Waals surface area contributed by atoms with Crippen LogP contribution in [0.15, 0.2) is 24.3 Å². The predicted molar refractivity (Wildman–Crippen MR) is 66.5 cm³/mol. The summed E-state index contributed by atoms with van der Waals surface area (Å²) in [5.74, 6) is 0. The number of nitriles is 1. The van der Waals surface area contributed by atoms with Gasteiger partial charge in [0.2, 0.25) is 0 Å². The van der Waals surface area contributed by atoms with Crippen LogP contribution in [-0.2, 0) is 0 Å². The van der Waals surface area contributed by atoms with E-state index in [0.29, 0.717) is 5.02 Å². The van der Waals surface area contributed by atoms with Crippen molar-refractivity contribution in [1.82, 2.24) is 0 Å². The molecule has 1 aliphatic carbocycles. The van der Waals surface area contributed by atoms with E-state index in [1.54, 1.807) is 0 Å². The maximum Gasteiger partial charge on any atom is 0.125 e. The molecule has 1 aliphatic rings. The van der Waals surface area contributed by atoms with Gasteiger partial charge >= 0.3 is 0 Å². The maximum atomic E-state index is 9.34. The quantitative estimate of drug-likeness (QED) is 0.840. The second-order valence-electron chi connectivity index (χ2n) is 4.36. The lowest BCUT2D eigenvalue weighted by molar-refractivity contribution is 0.393. The van der Waals surface area contributed by atoms with Crippen molar-refractivity contribution in [2.75, 3.05) is 5.32 Å². The van der Waals surface area contributed by atoms with Crippen molar-refractivity contribution in [2.45, 2.75) is 37.6 Å². The van der Waals surface area contributed by atoms with E-state index >= 15 is 0 Å². The SMILES string of the molecule is N#CC1(Nc2ccccc2Cl)CCCCC1. The lowest BCUT2D eigenvalue weighted by Gasteiger charge is -2.32. The first-order valence-corrected chi connectivity index (χ1v) is 6.08. The van der Waals surface area contributed by atoms with Gasteiger partial charge in [-0.2, -0.15) is 5.26 Å². The molecule has 84 valence electrons. The van der Waals surface area contributed by atoms with Crippen LogP contribution in [0.4, 0.5) is 5.69 Å². The highest BCUT2D eigenvalue weighted by molar-refractivity contribution is 6.33. The van der Waals surface area contributed by atoms with E-state index in [4.69, 9.17) is 11.6 Å². The highest BCUT2D eigenvalue weighted by Gasteiger charge is 2.32. The van der Waals surface area contributed by atoms with Gasteiger partial charge in [0.1, 0.15) is 5.54 Å². The summed E-state index contributed by atoms with van der Waals surface area (Å²) in [5.41, 5.74) is 0.455. The van der Waals surface area contributed by atoms with E-state index in [-0.39, 0.29) is 0 Å². The van der Waals surface area contributed by atoms with Crippen LogP contribution in [0, 0.1) is 11.3 Å². The van der Waals surface area contributed by atoms with Gasteiger partial charge < -0.3 is 5.32 Å². The van der Waals surface area contributed by atoms with Crippen LogP contribution in [0.2, 0.25) is 5.02 Å². The van der Waals surface area contributed by atoms with Gasteiger partial charge in [0.25, 0.3) is 0 Å². The fourth-order valence-corrected chi connectivity index (χ4v) is 2.42. The molecule has 0 bridgehead atoms. The lowest BCUT2D eigenvalue weighted by Crippen LogP contribution is -2.38. The van der Waals surface area contributed by atoms with Gasteiger partial charge in [-0.15, -0.1) is 0 Å². The Morgan fingerprint density at radius 1 is 1.19 bits per heavy atom. The van der Waals surface area contributed by atoms with E-state index in [1.807, 2.05) is 24.3 Å². The molecule has 1 aromatic carbocycles. The van der Waals surface area contributed by atoms with Crippen molar-refractivity contribution in [1.29, 1.82) is 5.26 Å². The molecule has 2 nitrogen and oxygen atoms in total. The van der Waals surface area contributed by atoms with Crippen molar-refractivity contribution >= 4 is 17.3 Å². The zero-order valence-electron chi connectivity index (χ0n) is 9.17. The van der Waals surface area contributed by atoms with E-state index < -0.39 is 5.54 Å². The highest BCUT2D eigenvalue weighted by Crippen LogP contribution is 2.33. The summed E-state index contributed by atoms with van der Waals surface area (Å²) in [4.78, 5) is 0. The first-order chi connectivity index (χ1) is 7.76. The third-order valence-electron chi connectivity index (χ3n) is 3.17. The van der Waals surface area contributed by atoms with E-state index in [2.05, 4.69) is 11.4 Å². The minimum atomic E-state index is -0.413. The largest absolute Gasteiger partial charge is 0.366 e. The second-order valence-corrected chi connectivity index (χ2v) is 4.77. The van der Waals surface area contributed by atoms with Crippen molar-refractivity contribution in [2.24, 2.45) is 0 Å². The molecule has 0 atom stereocenters. The lowest BCUT2D eigenvalue weighted by atomic mass is 9.82. The Morgan fingerprint density at radius 3 is 2.50 bits per heavy atom. The normalized spacial score (nSPS) is 18.8. The zero-order chi connectivity index (χ0) is 11.4. The van der Waals surface area contributed by atoms with E-state index in [9.17, 15) is 5.26 Å². The molecular formula is C13H15ClN2. The third kappa shape index (κ3) is 2.31. The number of benzene rings is 1. The summed E-state index contributed by atoms with van der Waals surface area (Å²) < 4.78 is 0. The van der Waals surface area contributed by atoms with Crippen molar-refractivity contribution in [3.05, 3.63) is 29.3 Å². The predicted octanol–water partition coefficient (Wildman–Crippen LogP) is 3.98. The average Bonchev–Trinajstić information content (AvgIpc) is 2.33. The standard InChI is InChI=1S/C13H15ClN2/c14-11-6-2-3-7-12(11)16-13(10-15)8-4-1-5-9-13/h2-3,6-7,16H,1,4-5,8-9H2. The molecule has 0 aromatic heterocycles. The molecule has 16 heavy (non-hydrogen) atoms. The maximum absolute atomic E-state index is 9.34. The number of anilines is 1. The Hall–Kier alpha value is -1.20. The van der Waals surface area contributed by atoms with Crippen LogP contribution in [0.1, 0.15) is 32.1 Å². The molecule has 0 amide bonds. The molecule has 0 unspecified atom stereocenters. The summed E-state index contributed by atoms with van der Waals surface area (Å²) in [5, 5.41) is 13.3. The average molecular weight is 235 g/mol. The van der Waals surface area contributed by atoms with Gasteiger partial charge in [-0.25, -0.2) is 0 Å². The van der Waals surface area contributed by atoms with Crippen LogP contribution in [0.3, 0.4) is 0 Å². The molecule has 1 aromatic rings. The number of hydrogen-bond donors (Lipinski definition) is 1. The Kier molecular flexibility index (Phi) is 3.36. The molecule has 0 radical (unpaired) electrons. The van der Waals surface area contributed by atoms with Gasteiger partial charge in [-0.3, -0.25) is 0 Å². The summed E-state index contributed by atoms with van der Waals surface area (Å²) in [7, 11) is 0. The van der Waals surface area contributed by atoms with Gasteiger partial charge in [-0.05, 0) is 25.0 Å². The van der Waals surface area contributed by atoms with E-state index in [1.165, 1.54) is 6.42 Å². The first-order valence-electron chi connectivity index (χ1n) is 5.70. The van der Waals surface area contributed by atoms with Gasteiger partial charge in [-0.1, -0.05) is 43.0 Å². The number of rotatable bonds is 2. The Labute approximate surface area is 101 Å². The molecule has 0 spiro atoms.